The zero-order valence-corrected chi connectivity index (χ0v) is 17.6. The van der Waals surface area contributed by atoms with Crippen molar-refractivity contribution >= 4 is 27.6 Å². The Morgan fingerprint density at radius 3 is 2.21 bits per heavy atom. The molecule has 0 N–H and O–H groups in total. The number of aromatic nitrogens is 3. The van der Waals surface area contributed by atoms with Crippen molar-refractivity contribution in [1.29, 1.82) is 0 Å². The first-order valence-electron chi connectivity index (χ1n) is 10.1. The number of hydrogen-bond donors (Lipinski definition) is 0. The fraction of sp³-hybridized carbons (Fsp3) is 0.231. The van der Waals surface area contributed by atoms with Gasteiger partial charge in [0, 0.05) is 16.5 Å². The Labute approximate surface area is 171 Å². The van der Waals surface area contributed by atoms with Crippen molar-refractivity contribution < 1.29 is 0 Å². The molecule has 5 rings (SSSR count). The molecule has 0 bridgehead atoms. The van der Waals surface area contributed by atoms with Crippen molar-refractivity contribution in [1.82, 2.24) is 14.4 Å². The third-order valence-electron chi connectivity index (χ3n) is 5.79. The van der Waals surface area contributed by atoms with Crippen LogP contribution in [0.1, 0.15) is 37.6 Å². The minimum Gasteiger partial charge on any atom is -0.292 e. The summed E-state index contributed by atoms with van der Waals surface area (Å²) < 4.78 is 2.29. The van der Waals surface area contributed by atoms with Crippen molar-refractivity contribution in [2.75, 3.05) is 0 Å². The van der Waals surface area contributed by atoms with Gasteiger partial charge in [-0.3, -0.25) is 9.38 Å². The van der Waals surface area contributed by atoms with E-state index in [9.17, 15) is 0 Å². The smallest absolute Gasteiger partial charge is 0.147 e. The van der Waals surface area contributed by atoms with Crippen LogP contribution in [-0.4, -0.2) is 14.4 Å². The second-order valence-electron chi connectivity index (χ2n) is 8.97. The van der Waals surface area contributed by atoms with E-state index in [1.165, 1.54) is 16.7 Å². The number of aryl methyl sites for hydroxylation is 2. The Morgan fingerprint density at radius 2 is 1.48 bits per heavy atom. The first kappa shape index (κ1) is 17.9. The molecule has 0 radical (unpaired) electrons. The third kappa shape index (κ3) is 2.80. The molecule has 3 nitrogen and oxygen atoms in total. The predicted octanol–water partition coefficient (Wildman–Crippen LogP) is 6.62. The molecule has 0 unspecified atom stereocenters. The van der Waals surface area contributed by atoms with E-state index in [2.05, 4.69) is 99.7 Å². The van der Waals surface area contributed by atoms with Crippen LogP contribution < -0.4 is 0 Å². The van der Waals surface area contributed by atoms with Crippen LogP contribution in [0.25, 0.3) is 38.8 Å². The van der Waals surface area contributed by atoms with Crippen LogP contribution in [0.15, 0.2) is 60.7 Å². The zero-order valence-electron chi connectivity index (χ0n) is 17.6. The van der Waals surface area contributed by atoms with Gasteiger partial charge in [0.15, 0.2) is 0 Å². The van der Waals surface area contributed by atoms with Crippen LogP contribution in [0, 0.1) is 13.8 Å². The average Bonchev–Trinajstić information content (AvgIpc) is 3.05. The Kier molecular flexibility index (Phi) is 3.79. The van der Waals surface area contributed by atoms with Crippen molar-refractivity contribution in [3.8, 4) is 11.3 Å². The fourth-order valence-corrected chi connectivity index (χ4v) is 3.96. The second kappa shape index (κ2) is 6.15. The molecule has 0 atom stereocenters. The van der Waals surface area contributed by atoms with E-state index < -0.39 is 0 Å². The maximum Gasteiger partial charge on any atom is 0.147 e. The van der Waals surface area contributed by atoms with Crippen LogP contribution in [0.3, 0.4) is 0 Å². The first-order valence-corrected chi connectivity index (χ1v) is 10.1. The maximum atomic E-state index is 5.05. The number of pyridine rings is 2. The van der Waals surface area contributed by atoms with Crippen molar-refractivity contribution in [3.63, 3.8) is 0 Å². The monoisotopic (exact) mass is 379 g/mol. The van der Waals surface area contributed by atoms with Crippen molar-refractivity contribution in [2.45, 2.75) is 40.0 Å². The average molecular weight is 380 g/mol. The standard InChI is InChI=1S/C26H25N3/c1-16-13-21-23(14-17(16)2)29-22(18-9-7-6-8-10-18)15-20-19(25(29)28-21)11-12-24(27-20)26(3,4)5/h6-15H,1-5H3. The van der Waals surface area contributed by atoms with Crippen LogP contribution in [-0.2, 0) is 5.41 Å². The highest BCUT2D eigenvalue weighted by atomic mass is 15.0. The summed E-state index contributed by atoms with van der Waals surface area (Å²) >= 11 is 0. The van der Waals surface area contributed by atoms with E-state index in [-0.39, 0.29) is 5.41 Å². The van der Waals surface area contributed by atoms with E-state index in [1.807, 2.05) is 0 Å². The highest BCUT2D eigenvalue weighted by Crippen LogP contribution is 2.33. The molecular formula is C26H25N3. The number of rotatable bonds is 1. The molecule has 0 aliphatic carbocycles. The van der Waals surface area contributed by atoms with Gasteiger partial charge in [0.25, 0.3) is 0 Å². The molecule has 0 saturated heterocycles. The molecule has 3 heteroatoms. The summed E-state index contributed by atoms with van der Waals surface area (Å²) in [7, 11) is 0. The summed E-state index contributed by atoms with van der Waals surface area (Å²) in [5.41, 5.74) is 10.1. The normalized spacial score (nSPS) is 12.3. The molecule has 3 heterocycles. The summed E-state index contributed by atoms with van der Waals surface area (Å²) in [6.07, 6.45) is 0. The second-order valence-corrected chi connectivity index (χ2v) is 8.97. The highest BCUT2D eigenvalue weighted by molar-refractivity contribution is 6.00. The van der Waals surface area contributed by atoms with Gasteiger partial charge in [-0.15, -0.1) is 0 Å². The lowest BCUT2D eigenvalue weighted by atomic mass is 9.91. The lowest BCUT2D eigenvalue weighted by Gasteiger charge is -2.18. The first-order chi connectivity index (χ1) is 13.8. The van der Waals surface area contributed by atoms with Gasteiger partial charge < -0.3 is 0 Å². The molecule has 0 spiro atoms. The van der Waals surface area contributed by atoms with Gasteiger partial charge in [0.2, 0.25) is 0 Å². The number of imidazole rings is 1. The molecular weight excluding hydrogens is 354 g/mol. The number of fused-ring (bicyclic) bond motifs is 5. The molecule has 0 fully saturated rings. The number of hydrogen-bond acceptors (Lipinski definition) is 2. The van der Waals surface area contributed by atoms with E-state index in [4.69, 9.17) is 9.97 Å². The summed E-state index contributed by atoms with van der Waals surface area (Å²) in [6, 6.07) is 21.5. The van der Waals surface area contributed by atoms with Gasteiger partial charge >= 0.3 is 0 Å². The molecule has 2 aromatic carbocycles. The topological polar surface area (TPSA) is 30.2 Å². The molecule has 0 amide bonds. The minimum absolute atomic E-state index is 0.00157. The highest BCUT2D eigenvalue weighted by Gasteiger charge is 2.19. The van der Waals surface area contributed by atoms with Crippen molar-refractivity contribution in [2.24, 2.45) is 0 Å². The summed E-state index contributed by atoms with van der Waals surface area (Å²) in [4.78, 5) is 10.1. The number of benzene rings is 2. The molecule has 0 aliphatic rings. The van der Waals surface area contributed by atoms with E-state index >= 15 is 0 Å². The summed E-state index contributed by atoms with van der Waals surface area (Å²) in [6.45, 7) is 10.9. The van der Waals surface area contributed by atoms with Crippen LogP contribution in [0.4, 0.5) is 0 Å². The Morgan fingerprint density at radius 1 is 0.759 bits per heavy atom. The summed E-state index contributed by atoms with van der Waals surface area (Å²) in [5.74, 6) is 0. The fourth-order valence-electron chi connectivity index (χ4n) is 3.96. The van der Waals surface area contributed by atoms with E-state index in [0.29, 0.717) is 0 Å². The van der Waals surface area contributed by atoms with Gasteiger partial charge in [-0.2, -0.15) is 0 Å². The van der Waals surface area contributed by atoms with Crippen LogP contribution >= 0.6 is 0 Å². The minimum atomic E-state index is 0.00157. The maximum absolute atomic E-state index is 5.05. The number of nitrogens with zero attached hydrogens (tertiary/aromatic N) is 3. The van der Waals surface area contributed by atoms with Gasteiger partial charge in [-0.25, -0.2) is 4.98 Å². The lowest BCUT2D eigenvalue weighted by Crippen LogP contribution is -2.13. The van der Waals surface area contributed by atoms with E-state index in [0.717, 1.165) is 39.0 Å². The molecule has 3 aromatic heterocycles. The zero-order chi connectivity index (χ0) is 20.3. The van der Waals surface area contributed by atoms with Gasteiger partial charge in [-0.1, -0.05) is 51.1 Å². The van der Waals surface area contributed by atoms with E-state index in [1.54, 1.807) is 0 Å². The Bertz CT molecular complexity index is 1390. The Hall–Kier alpha value is -3.20. The quantitative estimate of drug-likeness (QED) is 0.328. The van der Waals surface area contributed by atoms with Gasteiger partial charge in [0.1, 0.15) is 5.65 Å². The molecule has 0 saturated carbocycles. The molecule has 0 aliphatic heterocycles. The van der Waals surface area contributed by atoms with Crippen LogP contribution in [0.2, 0.25) is 0 Å². The molecule has 29 heavy (non-hydrogen) atoms. The Balaban J connectivity index is 1.98. The SMILES string of the molecule is Cc1cc2nc3c4ccc(C(C)(C)C)nc4cc(-c4ccccc4)n3c2cc1C. The summed E-state index contributed by atoms with van der Waals surface area (Å²) in [5, 5.41) is 1.09. The van der Waals surface area contributed by atoms with Gasteiger partial charge in [0.05, 0.1) is 22.2 Å². The molecule has 144 valence electrons. The lowest BCUT2D eigenvalue weighted by molar-refractivity contribution is 0.571. The largest absolute Gasteiger partial charge is 0.292 e. The van der Waals surface area contributed by atoms with Gasteiger partial charge in [-0.05, 0) is 60.9 Å². The third-order valence-corrected chi connectivity index (χ3v) is 5.79. The van der Waals surface area contributed by atoms with Crippen LogP contribution in [0.5, 0.6) is 0 Å². The van der Waals surface area contributed by atoms with Crippen molar-refractivity contribution in [3.05, 3.63) is 77.5 Å². The predicted molar refractivity (Wildman–Crippen MR) is 122 cm³/mol. The molecule has 5 aromatic rings.